The van der Waals surface area contributed by atoms with Crippen LogP contribution in [-0.4, -0.2) is 47.6 Å². The molecule has 3 aromatic carbocycles. The summed E-state index contributed by atoms with van der Waals surface area (Å²) in [5.41, 5.74) is 2.80. The molecule has 1 aliphatic heterocycles. The number of thiophene rings is 2. The Kier molecular flexibility index (Phi) is 12.2. The molecular formula is C40H36N4O6S3. The van der Waals surface area contributed by atoms with Crippen LogP contribution in [0.1, 0.15) is 60.7 Å². The molecule has 10 nitrogen and oxygen atoms in total. The zero-order chi connectivity index (χ0) is 37.3. The maximum atomic E-state index is 14.2. The number of fused-ring (bicyclic) bond motifs is 1. The average Bonchev–Trinajstić information content (AvgIpc) is 3.81. The molecule has 4 amide bonds. The topological polar surface area (TPSA) is 134 Å². The van der Waals surface area contributed by atoms with Crippen molar-refractivity contribution in [2.75, 3.05) is 23.8 Å². The molecule has 6 rings (SSSR count). The van der Waals surface area contributed by atoms with Gasteiger partial charge in [-0.25, -0.2) is 4.79 Å². The number of nitrogens with zero attached hydrogens (tertiary/aromatic N) is 1. The second kappa shape index (κ2) is 17.3. The highest BCUT2D eigenvalue weighted by Crippen LogP contribution is 2.41. The fourth-order valence-corrected chi connectivity index (χ4v) is 8.69. The molecule has 1 atom stereocenters. The molecular weight excluding hydrogens is 729 g/mol. The van der Waals surface area contributed by atoms with Gasteiger partial charge in [-0.1, -0.05) is 60.7 Å². The predicted molar refractivity (Wildman–Crippen MR) is 210 cm³/mol. The highest BCUT2D eigenvalue weighted by Gasteiger charge is 2.32. The Labute approximate surface area is 319 Å². The van der Waals surface area contributed by atoms with Crippen LogP contribution in [0.25, 0.3) is 6.08 Å². The fraction of sp³-hybridized carbons (Fsp3) is 0.175. The lowest BCUT2D eigenvalue weighted by atomic mass is 10.0. The molecule has 53 heavy (non-hydrogen) atoms. The van der Waals surface area contributed by atoms with E-state index in [0.717, 1.165) is 20.9 Å². The van der Waals surface area contributed by atoms with Crippen molar-refractivity contribution >= 4 is 80.8 Å². The van der Waals surface area contributed by atoms with Crippen molar-refractivity contribution in [1.29, 1.82) is 0 Å². The third-order valence-corrected chi connectivity index (χ3v) is 11.5. The summed E-state index contributed by atoms with van der Waals surface area (Å²) in [6.45, 7) is 4.25. The van der Waals surface area contributed by atoms with Gasteiger partial charge in [-0.05, 0) is 72.3 Å². The summed E-state index contributed by atoms with van der Waals surface area (Å²) < 4.78 is 5.39. The Balaban J connectivity index is 1.24. The molecule has 0 bridgehead atoms. The van der Waals surface area contributed by atoms with Gasteiger partial charge >= 0.3 is 5.97 Å². The summed E-state index contributed by atoms with van der Waals surface area (Å²) in [4.78, 5) is 70.2. The van der Waals surface area contributed by atoms with E-state index in [2.05, 4.69) is 16.0 Å². The van der Waals surface area contributed by atoms with Crippen LogP contribution in [0.3, 0.4) is 0 Å². The van der Waals surface area contributed by atoms with Gasteiger partial charge in [0, 0.05) is 39.4 Å². The first kappa shape index (κ1) is 37.3. The number of ether oxygens (including phenoxy) is 1. The van der Waals surface area contributed by atoms with Gasteiger partial charge < -0.3 is 25.6 Å². The number of thioether (sulfide) groups is 1. The van der Waals surface area contributed by atoms with E-state index in [1.54, 1.807) is 60.4 Å². The molecule has 3 heterocycles. The third-order valence-electron chi connectivity index (χ3n) is 8.26. The van der Waals surface area contributed by atoms with Crippen LogP contribution in [0.5, 0.6) is 0 Å². The van der Waals surface area contributed by atoms with Crippen molar-refractivity contribution in [3.05, 3.63) is 140 Å². The standard InChI is InChI=1S/C40H36N4O6S3/c1-3-50-40(49)34-31-19-20-44(25(2)45)24-33(31)53-39(34)43-38(48)35(26-12-6-4-7-13-26)52-30-17-10-16-28(22-30)41-37(47)32(23-29-18-11-21-51-29)42-36(46)27-14-8-5-9-15-27/h4-18,21-23,35H,3,19-20,24H2,1-2H3,(H,41,47)(H,42,46)(H,43,48)/b32-23-. The lowest BCUT2D eigenvalue weighted by Gasteiger charge is -2.25. The summed E-state index contributed by atoms with van der Waals surface area (Å²) in [6.07, 6.45) is 2.10. The first-order valence-corrected chi connectivity index (χ1v) is 19.4. The molecule has 1 unspecified atom stereocenters. The Morgan fingerprint density at radius 2 is 1.68 bits per heavy atom. The van der Waals surface area contributed by atoms with Crippen LogP contribution in [0.4, 0.5) is 10.7 Å². The van der Waals surface area contributed by atoms with E-state index in [0.29, 0.717) is 46.2 Å². The summed E-state index contributed by atoms with van der Waals surface area (Å²) in [5.74, 6) is -1.86. The molecule has 2 aromatic heterocycles. The van der Waals surface area contributed by atoms with Crippen LogP contribution < -0.4 is 16.0 Å². The van der Waals surface area contributed by atoms with Gasteiger partial charge in [0.2, 0.25) is 11.8 Å². The number of rotatable bonds is 12. The van der Waals surface area contributed by atoms with Gasteiger partial charge in [0.05, 0.1) is 18.7 Å². The van der Waals surface area contributed by atoms with E-state index in [1.165, 1.54) is 41.4 Å². The zero-order valence-electron chi connectivity index (χ0n) is 28.9. The van der Waals surface area contributed by atoms with Gasteiger partial charge in [0.1, 0.15) is 15.9 Å². The molecule has 0 saturated carbocycles. The molecule has 13 heteroatoms. The van der Waals surface area contributed by atoms with E-state index >= 15 is 0 Å². The normalized spacial score (nSPS) is 13.0. The number of hydrogen-bond acceptors (Lipinski definition) is 9. The van der Waals surface area contributed by atoms with Gasteiger partial charge in [-0.15, -0.1) is 34.4 Å². The molecule has 3 N–H and O–H groups in total. The van der Waals surface area contributed by atoms with Crippen molar-refractivity contribution in [2.45, 2.75) is 37.0 Å². The molecule has 270 valence electrons. The lowest BCUT2D eigenvalue weighted by Crippen LogP contribution is -2.34. The average molecular weight is 765 g/mol. The number of carbonyl (C=O) groups is 5. The molecule has 5 aromatic rings. The quantitative estimate of drug-likeness (QED) is 0.0672. The SMILES string of the molecule is CCOC(=O)c1c(NC(=O)C(Sc2cccc(NC(=O)/C(=C/c3cccs3)NC(=O)c3ccccc3)c2)c2ccccc2)sc2c1CCN(C(C)=O)C2. The number of anilines is 2. The summed E-state index contributed by atoms with van der Waals surface area (Å²) in [7, 11) is 0. The second-order valence-electron chi connectivity index (χ2n) is 11.9. The van der Waals surface area contributed by atoms with E-state index in [-0.39, 0.29) is 24.1 Å². The van der Waals surface area contributed by atoms with Crippen LogP contribution in [0.15, 0.2) is 113 Å². The maximum Gasteiger partial charge on any atom is 0.341 e. The Bertz CT molecular complexity index is 2150. The fourth-order valence-electron chi connectivity index (χ4n) is 5.70. The summed E-state index contributed by atoms with van der Waals surface area (Å²) in [5, 5.41) is 10.2. The van der Waals surface area contributed by atoms with Crippen molar-refractivity contribution in [3.63, 3.8) is 0 Å². The minimum atomic E-state index is -0.746. The Hall–Kier alpha value is -5.50. The Morgan fingerprint density at radius 3 is 2.38 bits per heavy atom. The summed E-state index contributed by atoms with van der Waals surface area (Å²) >= 11 is 4.00. The van der Waals surface area contributed by atoms with Gasteiger partial charge in [-0.3, -0.25) is 19.2 Å². The predicted octanol–water partition coefficient (Wildman–Crippen LogP) is 7.77. The van der Waals surface area contributed by atoms with Gasteiger partial charge in [-0.2, -0.15) is 0 Å². The van der Waals surface area contributed by atoms with E-state index in [4.69, 9.17) is 4.74 Å². The smallest absolute Gasteiger partial charge is 0.341 e. The maximum absolute atomic E-state index is 14.2. The van der Waals surface area contributed by atoms with E-state index in [9.17, 15) is 24.0 Å². The van der Waals surface area contributed by atoms with Crippen molar-refractivity contribution < 1.29 is 28.7 Å². The molecule has 0 radical (unpaired) electrons. The van der Waals surface area contributed by atoms with Crippen molar-refractivity contribution in [2.24, 2.45) is 0 Å². The highest BCUT2D eigenvalue weighted by atomic mass is 32.2. The summed E-state index contributed by atoms with van der Waals surface area (Å²) in [6, 6.07) is 28.7. The first-order chi connectivity index (χ1) is 25.7. The number of hydrogen-bond donors (Lipinski definition) is 3. The van der Waals surface area contributed by atoms with Crippen LogP contribution in [0.2, 0.25) is 0 Å². The van der Waals surface area contributed by atoms with Crippen molar-refractivity contribution in [3.8, 4) is 0 Å². The largest absolute Gasteiger partial charge is 0.462 e. The van der Waals surface area contributed by atoms with E-state index < -0.39 is 23.0 Å². The minimum absolute atomic E-state index is 0.0574. The number of benzene rings is 3. The third kappa shape index (κ3) is 9.30. The van der Waals surface area contributed by atoms with Gasteiger partial charge in [0.15, 0.2) is 0 Å². The minimum Gasteiger partial charge on any atom is -0.462 e. The Morgan fingerprint density at radius 1 is 0.925 bits per heavy atom. The molecule has 0 saturated heterocycles. The van der Waals surface area contributed by atoms with E-state index in [1.807, 2.05) is 60.0 Å². The molecule has 0 aliphatic carbocycles. The molecule has 0 spiro atoms. The number of amides is 4. The molecule has 0 fully saturated rings. The monoisotopic (exact) mass is 764 g/mol. The van der Waals surface area contributed by atoms with Crippen molar-refractivity contribution in [1.82, 2.24) is 10.2 Å². The van der Waals surface area contributed by atoms with Crippen LogP contribution in [-0.2, 0) is 32.1 Å². The highest BCUT2D eigenvalue weighted by molar-refractivity contribution is 8.00. The van der Waals surface area contributed by atoms with Crippen LogP contribution >= 0.6 is 34.4 Å². The number of carbonyl (C=O) groups excluding carboxylic acids is 5. The first-order valence-electron chi connectivity index (χ1n) is 16.8. The number of nitrogens with one attached hydrogen (secondary N) is 3. The van der Waals surface area contributed by atoms with Gasteiger partial charge in [0.25, 0.3) is 11.8 Å². The zero-order valence-corrected chi connectivity index (χ0v) is 31.4. The molecule has 1 aliphatic rings. The van der Waals surface area contributed by atoms with Crippen LogP contribution in [0, 0.1) is 0 Å². The number of esters is 1. The lowest BCUT2D eigenvalue weighted by molar-refractivity contribution is -0.129. The second-order valence-corrected chi connectivity index (χ2v) is 15.2.